The van der Waals surface area contributed by atoms with Gasteiger partial charge in [-0.05, 0) is 46.2 Å². The SMILES string of the molecule is CC(C)NC(=O)C(C)N1CCC(CN)C1. The van der Waals surface area contributed by atoms with Crippen molar-refractivity contribution in [3.05, 3.63) is 0 Å². The second-order valence-electron chi connectivity index (χ2n) is 4.72. The minimum absolute atomic E-state index is 0.0241. The molecule has 2 unspecified atom stereocenters. The summed E-state index contributed by atoms with van der Waals surface area (Å²) < 4.78 is 0. The van der Waals surface area contributed by atoms with Gasteiger partial charge in [-0.1, -0.05) is 0 Å². The van der Waals surface area contributed by atoms with Gasteiger partial charge in [-0.15, -0.1) is 0 Å². The molecule has 15 heavy (non-hydrogen) atoms. The van der Waals surface area contributed by atoms with Crippen LogP contribution in [0.25, 0.3) is 0 Å². The predicted molar refractivity (Wildman–Crippen MR) is 61.5 cm³/mol. The fraction of sp³-hybridized carbons (Fsp3) is 0.909. The molecule has 1 saturated heterocycles. The van der Waals surface area contributed by atoms with Gasteiger partial charge >= 0.3 is 0 Å². The van der Waals surface area contributed by atoms with Crippen molar-refractivity contribution in [2.75, 3.05) is 19.6 Å². The number of carbonyl (C=O) groups is 1. The van der Waals surface area contributed by atoms with Crippen LogP contribution >= 0.6 is 0 Å². The van der Waals surface area contributed by atoms with Gasteiger partial charge in [-0.2, -0.15) is 0 Å². The molecule has 0 aliphatic carbocycles. The second-order valence-corrected chi connectivity index (χ2v) is 4.72. The zero-order valence-corrected chi connectivity index (χ0v) is 9.99. The first-order valence-corrected chi connectivity index (χ1v) is 5.79. The van der Waals surface area contributed by atoms with Crippen molar-refractivity contribution in [3.8, 4) is 0 Å². The Morgan fingerprint density at radius 2 is 2.20 bits per heavy atom. The molecule has 4 heteroatoms. The zero-order valence-electron chi connectivity index (χ0n) is 9.99. The molecule has 1 heterocycles. The lowest BCUT2D eigenvalue weighted by Crippen LogP contribution is -2.46. The lowest BCUT2D eigenvalue weighted by atomic mass is 10.1. The molecule has 0 radical (unpaired) electrons. The number of likely N-dealkylation sites (tertiary alicyclic amines) is 1. The van der Waals surface area contributed by atoms with E-state index < -0.39 is 0 Å². The van der Waals surface area contributed by atoms with Crippen LogP contribution in [0.1, 0.15) is 27.2 Å². The topological polar surface area (TPSA) is 58.4 Å². The van der Waals surface area contributed by atoms with E-state index in [9.17, 15) is 4.79 Å². The van der Waals surface area contributed by atoms with Crippen LogP contribution in [0.2, 0.25) is 0 Å². The predicted octanol–water partition coefficient (Wildman–Crippen LogP) is 0.180. The summed E-state index contributed by atoms with van der Waals surface area (Å²) in [6.45, 7) is 8.62. The van der Waals surface area contributed by atoms with Crippen LogP contribution in [0.3, 0.4) is 0 Å². The first-order chi connectivity index (χ1) is 7.04. The van der Waals surface area contributed by atoms with Crippen molar-refractivity contribution in [1.29, 1.82) is 0 Å². The summed E-state index contributed by atoms with van der Waals surface area (Å²) in [5, 5.41) is 2.94. The second kappa shape index (κ2) is 5.47. The first-order valence-electron chi connectivity index (χ1n) is 5.79. The van der Waals surface area contributed by atoms with E-state index in [1.807, 2.05) is 20.8 Å². The lowest BCUT2D eigenvalue weighted by Gasteiger charge is -2.24. The molecule has 1 amide bonds. The van der Waals surface area contributed by atoms with Crippen molar-refractivity contribution in [2.45, 2.75) is 39.3 Å². The zero-order chi connectivity index (χ0) is 11.4. The summed E-state index contributed by atoms with van der Waals surface area (Å²) in [4.78, 5) is 14.0. The van der Waals surface area contributed by atoms with Crippen LogP contribution in [0, 0.1) is 5.92 Å². The highest BCUT2D eigenvalue weighted by molar-refractivity contribution is 5.81. The van der Waals surface area contributed by atoms with E-state index in [0.717, 1.165) is 26.1 Å². The Balaban J connectivity index is 2.40. The van der Waals surface area contributed by atoms with Gasteiger partial charge in [0.15, 0.2) is 0 Å². The molecule has 2 atom stereocenters. The van der Waals surface area contributed by atoms with Crippen LogP contribution in [0.4, 0.5) is 0 Å². The third-order valence-corrected chi connectivity index (χ3v) is 3.01. The van der Waals surface area contributed by atoms with E-state index in [4.69, 9.17) is 5.73 Å². The Hall–Kier alpha value is -0.610. The first kappa shape index (κ1) is 12.5. The van der Waals surface area contributed by atoms with Gasteiger partial charge in [0.1, 0.15) is 0 Å². The Morgan fingerprint density at radius 3 is 2.67 bits per heavy atom. The number of hydrogen-bond donors (Lipinski definition) is 2. The maximum absolute atomic E-state index is 11.8. The number of amides is 1. The van der Waals surface area contributed by atoms with E-state index in [1.54, 1.807) is 0 Å². The number of carbonyl (C=O) groups excluding carboxylic acids is 1. The molecule has 0 bridgehead atoms. The largest absolute Gasteiger partial charge is 0.353 e. The molecule has 0 spiro atoms. The van der Waals surface area contributed by atoms with Crippen LogP contribution < -0.4 is 11.1 Å². The van der Waals surface area contributed by atoms with Gasteiger partial charge in [0.05, 0.1) is 6.04 Å². The smallest absolute Gasteiger partial charge is 0.237 e. The average molecular weight is 213 g/mol. The van der Waals surface area contributed by atoms with E-state index in [-0.39, 0.29) is 18.0 Å². The van der Waals surface area contributed by atoms with Crippen LogP contribution in [-0.2, 0) is 4.79 Å². The molecule has 1 aliphatic rings. The van der Waals surface area contributed by atoms with Gasteiger partial charge in [0.25, 0.3) is 0 Å². The van der Waals surface area contributed by atoms with Crippen LogP contribution in [0.5, 0.6) is 0 Å². The molecule has 0 saturated carbocycles. The van der Waals surface area contributed by atoms with Gasteiger partial charge < -0.3 is 11.1 Å². The van der Waals surface area contributed by atoms with E-state index in [1.165, 1.54) is 0 Å². The number of nitrogens with zero attached hydrogens (tertiary/aromatic N) is 1. The normalized spacial score (nSPS) is 24.5. The Morgan fingerprint density at radius 1 is 1.53 bits per heavy atom. The quantitative estimate of drug-likeness (QED) is 0.700. The van der Waals surface area contributed by atoms with Gasteiger partial charge in [0.2, 0.25) is 5.91 Å². The number of nitrogens with one attached hydrogen (secondary N) is 1. The average Bonchev–Trinajstić information content (AvgIpc) is 2.63. The highest BCUT2D eigenvalue weighted by Crippen LogP contribution is 2.17. The number of rotatable bonds is 4. The molecule has 0 aromatic carbocycles. The summed E-state index contributed by atoms with van der Waals surface area (Å²) in [6, 6.07) is 0.191. The summed E-state index contributed by atoms with van der Waals surface area (Å²) in [5.74, 6) is 0.696. The van der Waals surface area contributed by atoms with Crippen molar-refractivity contribution < 1.29 is 4.79 Å². The van der Waals surface area contributed by atoms with Crippen LogP contribution in [0.15, 0.2) is 0 Å². The van der Waals surface area contributed by atoms with Gasteiger partial charge in [-0.3, -0.25) is 9.69 Å². The van der Waals surface area contributed by atoms with Gasteiger partial charge in [0, 0.05) is 12.6 Å². The van der Waals surface area contributed by atoms with E-state index in [2.05, 4.69) is 10.2 Å². The molecule has 0 aromatic rings. The molecule has 1 rings (SSSR count). The maximum Gasteiger partial charge on any atom is 0.237 e. The minimum Gasteiger partial charge on any atom is -0.353 e. The molecule has 0 aromatic heterocycles. The summed E-state index contributed by atoms with van der Waals surface area (Å²) in [5.41, 5.74) is 5.63. The third-order valence-electron chi connectivity index (χ3n) is 3.01. The monoisotopic (exact) mass is 213 g/mol. The number of hydrogen-bond acceptors (Lipinski definition) is 3. The molecule has 1 fully saturated rings. The maximum atomic E-state index is 11.8. The van der Waals surface area contributed by atoms with E-state index >= 15 is 0 Å². The Kier molecular flexibility index (Phi) is 4.54. The van der Waals surface area contributed by atoms with Crippen molar-refractivity contribution in [1.82, 2.24) is 10.2 Å². The Labute approximate surface area is 92.2 Å². The fourth-order valence-corrected chi connectivity index (χ4v) is 1.98. The third kappa shape index (κ3) is 3.47. The highest BCUT2D eigenvalue weighted by atomic mass is 16.2. The number of nitrogens with two attached hydrogens (primary N) is 1. The molecule has 88 valence electrons. The van der Waals surface area contributed by atoms with Crippen molar-refractivity contribution >= 4 is 5.91 Å². The summed E-state index contributed by atoms with van der Waals surface area (Å²) in [7, 11) is 0. The molecule has 3 N–H and O–H groups in total. The molecule has 4 nitrogen and oxygen atoms in total. The standard InChI is InChI=1S/C11H23N3O/c1-8(2)13-11(15)9(3)14-5-4-10(6-12)7-14/h8-10H,4-7,12H2,1-3H3,(H,13,15). The van der Waals surface area contributed by atoms with E-state index in [0.29, 0.717) is 5.92 Å². The van der Waals surface area contributed by atoms with Crippen molar-refractivity contribution in [3.63, 3.8) is 0 Å². The van der Waals surface area contributed by atoms with Crippen molar-refractivity contribution in [2.24, 2.45) is 11.7 Å². The Bertz CT molecular complexity index is 218. The summed E-state index contributed by atoms with van der Waals surface area (Å²) >= 11 is 0. The highest BCUT2D eigenvalue weighted by Gasteiger charge is 2.28. The molecular weight excluding hydrogens is 190 g/mol. The lowest BCUT2D eigenvalue weighted by molar-refractivity contribution is -0.126. The van der Waals surface area contributed by atoms with Gasteiger partial charge in [-0.25, -0.2) is 0 Å². The minimum atomic E-state index is -0.0241. The molecular formula is C11H23N3O. The fourth-order valence-electron chi connectivity index (χ4n) is 1.98. The summed E-state index contributed by atoms with van der Waals surface area (Å²) in [6.07, 6.45) is 1.12. The van der Waals surface area contributed by atoms with Crippen LogP contribution in [-0.4, -0.2) is 42.5 Å². The molecule has 1 aliphatic heterocycles.